The molecule has 1 heterocycles. The van der Waals surface area contributed by atoms with Gasteiger partial charge in [0.15, 0.2) is 0 Å². The molecule has 112 valence electrons. The number of carbonyl (C=O) groups is 3. The van der Waals surface area contributed by atoms with Gasteiger partial charge in [-0.2, -0.15) is 0 Å². The van der Waals surface area contributed by atoms with E-state index in [4.69, 9.17) is 0 Å². The highest BCUT2D eigenvalue weighted by molar-refractivity contribution is 6.09. The van der Waals surface area contributed by atoms with E-state index in [-0.39, 0.29) is 30.2 Å². The summed E-state index contributed by atoms with van der Waals surface area (Å²) in [7, 11) is 0. The predicted octanol–water partition coefficient (Wildman–Crippen LogP) is 0.869. The molecule has 1 aliphatic heterocycles. The van der Waals surface area contributed by atoms with Gasteiger partial charge in [-0.25, -0.2) is 4.79 Å². The quantitative estimate of drug-likeness (QED) is 0.753. The molecule has 6 heteroatoms. The van der Waals surface area contributed by atoms with Crippen molar-refractivity contribution in [3.63, 3.8) is 0 Å². The second-order valence-electron chi connectivity index (χ2n) is 5.88. The average molecular weight is 281 g/mol. The lowest BCUT2D eigenvalue weighted by Gasteiger charge is -2.42. The molecule has 1 saturated heterocycles. The molecule has 0 bridgehead atoms. The number of carbonyl (C=O) groups excluding carboxylic acids is 3. The van der Waals surface area contributed by atoms with E-state index in [1.165, 1.54) is 0 Å². The Balaban J connectivity index is 2.21. The van der Waals surface area contributed by atoms with Crippen LogP contribution in [0.3, 0.4) is 0 Å². The van der Waals surface area contributed by atoms with E-state index in [0.29, 0.717) is 6.54 Å². The molecule has 1 spiro atoms. The number of likely N-dealkylation sites (N-methyl/N-ethyl adjacent to an activating group) is 1. The summed E-state index contributed by atoms with van der Waals surface area (Å²) >= 11 is 0. The van der Waals surface area contributed by atoms with E-state index in [0.717, 1.165) is 24.2 Å². The average Bonchev–Trinajstić information content (AvgIpc) is 2.62. The van der Waals surface area contributed by atoms with Crippen molar-refractivity contribution in [3.8, 4) is 0 Å². The molecule has 2 atom stereocenters. The minimum absolute atomic E-state index is 0.0990. The topological polar surface area (TPSA) is 78.5 Å². The fraction of sp³-hybridized carbons (Fsp3) is 0.786. The van der Waals surface area contributed by atoms with Gasteiger partial charge in [-0.1, -0.05) is 20.3 Å². The molecule has 2 aliphatic rings. The molecule has 0 aromatic rings. The lowest BCUT2D eigenvalue weighted by molar-refractivity contribution is -0.139. The number of rotatable bonds is 3. The van der Waals surface area contributed by atoms with E-state index >= 15 is 0 Å². The van der Waals surface area contributed by atoms with Crippen molar-refractivity contribution in [2.24, 2.45) is 11.8 Å². The highest BCUT2D eigenvalue weighted by Crippen LogP contribution is 2.41. The van der Waals surface area contributed by atoms with Gasteiger partial charge in [0, 0.05) is 6.54 Å². The summed E-state index contributed by atoms with van der Waals surface area (Å²) in [6.07, 6.45) is 2.92. The fourth-order valence-electron chi connectivity index (χ4n) is 3.49. The summed E-state index contributed by atoms with van der Waals surface area (Å²) in [5, 5.41) is 5.49. The fourth-order valence-corrected chi connectivity index (χ4v) is 3.49. The van der Waals surface area contributed by atoms with Gasteiger partial charge in [0.05, 0.1) is 0 Å². The summed E-state index contributed by atoms with van der Waals surface area (Å²) in [5.41, 5.74) is -0.818. The van der Waals surface area contributed by atoms with Crippen LogP contribution < -0.4 is 10.6 Å². The molecule has 6 nitrogen and oxygen atoms in total. The summed E-state index contributed by atoms with van der Waals surface area (Å²) < 4.78 is 0. The van der Waals surface area contributed by atoms with Gasteiger partial charge in [-0.05, 0) is 31.6 Å². The van der Waals surface area contributed by atoms with E-state index in [1.807, 2.05) is 13.8 Å². The monoisotopic (exact) mass is 281 g/mol. The van der Waals surface area contributed by atoms with Gasteiger partial charge in [0.2, 0.25) is 5.91 Å². The second kappa shape index (κ2) is 5.42. The van der Waals surface area contributed by atoms with Crippen LogP contribution in [-0.2, 0) is 9.59 Å². The van der Waals surface area contributed by atoms with E-state index in [2.05, 4.69) is 10.6 Å². The second-order valence-corrected chi connectivity index (χ2v) is 5.88. The molecule has 1 aliphatic carbocycles. The Morgan fingerprint density at radius 1 is 1.35 bits per heavy atom. The van der Waals surface area contributed by atoms with Gasteiger partial charge in [-0.3, -0.25) is 14.5 Å². The van der Waals surface area contributed by atoms with Crippen molar-refractivity contribution < 1.29 is 14.4 Å². The zero-order valence-electron chi connectivity index (χ0n) is 12.4. The van der Waals surface area contributed by atoms with Crippen molar-refractivity contribution in [2.75, 3.05) is 13.1 Å². The summed E-state index contributed by atoms with van der Waals surface area (Å²) in [4.78, 5) is 37.5. The van der Waals surface area contributed by atoms with Crippen molar-refractivity contribution in [1.82, 2.24) is 15.5 Å². The summed E-state index contributed by atoms with van der Waals surface area (Å²) in [5.74, 6) is -0.346. The maximum atomic E-state index is 12.7. The van der Waals surface area contributed by atoms with Gasteiger partial charge in [0.1, 0.15) is 12.1 Å². The number of hydrogen-bond donors (Lipinski definition) is 2. The molecular formula is C14H23N3O3. The Labute approximate surface area is 119 Å². The van der Waals surface area contributed by atoms with Crippen LogP contribution >= 0.6 is 0 Å². The molecule has 0 aromatic heterocycles. The number of imide groups is 1. The Morgan fingerprint density at radius 2 is 1.95 bits per heavy atom. The van der Waals surface area contributed by atoms with E-state index in [1.54, 1.807) is 6.92 Å². The normalized spacial score (nSPS) is 33.5. The largest absolute Gasteiger partial charge is 0.355 e. The third kappa shape index (κ3) is 2.17. The molecule has 0 aromatic carbocycles. The molecule has 0 radical (unpaired) electrons. The van der Waals surface area contributed by atoms with Crippen LogP contribution in [0.15, 0.2) is 0 Å². The third-order valence-corrected chi connectivity index (χ3v) is 4.66. The molecule has 20 heavy (non-hydrogen) atoms. The number of urea groups is 1. The first-order valence-electron chi connectivity index (χ1n) is 7.34. The Hall–Kier alpha value is -1.59. The first kappa shape index (κ1) is 14.8. The van der Waals surface area contributed by atoms with Crippen LogP contribution in [0.2, 0.25) is 0 Å². The molecule has 2 N–H and O–H groups in total. The Morgan fingerprint density at radius 3 is 2.50 bits per heavy atom. The number of amides is 4. The van der Waals surface area contributed by atoms with Crippen LogP contribution in [-0.4, -0.2) is 41.4 Å². The van der Waals surface area contributed by atoms with Gasteiger partial charge < -0.3 is 10.6 Å². The maximum Gasteiger partial charge on any atom is 0.325 e. The number of nitrogens with one attached hydrogen (secondary N) is 2. The zero-order chi connectivity index (χ0) is 14.9. The lowest BCUT2D eigenvalue weighted by Crippen LogP contribution is -2.59. The minimum Gasteiger partial charge on any atom is -0.355 e. The lowest BCUT2D eigenvalue weighted by atomic mass is 9.67. The first-order valence-corrected chi connectivity index (χ1v) is 7.34. The van der Waals surface area contributed by atoms with Crippen LogP contribution in [0.25, 0.3) is 0 Å². The van der Waals surface area contributed by atoms with Gasteiger partial charge >= 0.3 is 6.03 Å². The molecule has 2 fully saturated rings. The molecule has 4 amide bonds. The molecule has 1 saturated carbocycles. The van der Waals surface area contributed by atoms with Gasteiger partial charge in [-0.15, -0.1) is 0 Å². The maximum absolute atomic E-state index is 12.7. The standard InChI is InChI=1S/C14H23N3O3/c1-4-15-11(18)8-17-12(19)14(16-13(17)20)9(2)6-5-7-10(14)3/h9-10H,4-8H2,1-3H3,(H,15,18)(H,16,20). The zero-order valence-corrected chi connectivity index (χ0v) is 12.4. The first-order chi connectivity index (χ1) is 9.43. The Bertz CT molecular complexity index is 425. The summed E-state index contributed by atoms with van der Waals surface area (Å²) in [6.45, 7) is 6.10. The highest BCUT2D eigenvalue weighted by Gasteiger charge is 2.58. The highest BCUT2D eigenvalue weighted by atomic mass is 16.2. The summed E-state index contributed by atoms with van der Waals surface area (Å²) in [6, 6.07) is -0.443. The van der Waals surface area contributed by atoms with Crippen molar-refractivity contribution >= 4 is 17.8 Å². The molecule has 2 unspecified atom stereocenters. The van der Waals surface area contributed by atoms with Crippen LogP contribution in [0.4, 0.5) is 4.79 Å². The molecule has 2 rings (SSSR count). The Kier molecular flexibility index (Phi) is 4.01. The minimum atomic E-state index is -0.818. The van der Waals surface area contributed by atoms with Gasteiger partial charge in [0.25, 0.3) is 5.91 Å². The number of nitrogens with zero attached hydrogens (tertiary/aromatic N) is 1. The molecular weight excluding hydrogens is 258 g/mol. The van der Waals surface area contributed by atoms with E-state index in [9.17, 15) is 14.4 Å². The van der Waals surface area contributed by atoms with Crippen LogP contribution in [0.5, 0.6) is 0 Å². The van der Waals surface area contributed by atoms with Crippen molar-refractivity contribution in [1.29, 1.82) is 0 Å². The van der Waals surface area contributed by atoms with Crippen LogP contribution in [0, 0.1) is 11.8 Å². The number of hydrogen-bond acceptors (Lipinski definition) is 3. The van der Waals surface area contributed by atoms with E-state index < -0.39 is 11.6 Å². The van der Waals surface area contributed by atoms with Crippen molar-refractivity contribution in [3.05, 3.63) is 0 Å². The van der Waals surface area contributed by atoms with Crippen LogP contribution in [0.1, 0.15) is 40.0 Å². The SMILES string of the molecule is CCNC(=O)CN1C(=O)NC2(C1=O)C(C)CCCC2C. The third-order valence-electron chi connectivity index (χ3n) is 4.66. The predicted molar refractivity (Wildman–Crippen MR) is 73.8 cm³/mol. The smallest absolute Gasteiger partial charge is 0.325 e. The van der Waals surface area contributed by atoms with Crippen molar-refractivity contribution in [2.45, 2.75) is 45.6 Å².